The van der Waals surface area contributed by atoms with Gasteiger partial charge >= 0.3 is 5.97 Å². The van der Waals surface area contributed by atoms with E-state index in [1.807, 2.05) is 0 Å². The van der Waals surface area contributed by atoms with Gasteiger partial charge in [-0.1, -0.05) is 0 Å². The summed E-state index contributed by atoms with van der Waals surface area (Å²) < 4.78 is 0. The van der Waals surface area contributed by atoms with Crippen molar-refractivity contribution in [2.45, 2.75) is 0 Å². The molecule has 0 aliphatic rings. The predicted molar refractivity (Wildman–Crippen MR) is 92.1 cm³/mol. The van der Waals surface area contributed by atoms with Crippen LogP contribution in [0.15, 0.2) is 0 Å². The predicted octanol–water partition coefficient (Wildman–Crippen LogP) is -2.88. The first-order chi connectivity index (χ1) is 12.0. The largest absolute Gasteiger partial charge is 0.480 e. The molecule has 0 spiro atoms. The molecule has 148 valence electrons. The van der Waals surface area contributed by atoms with Crippen LogP contribution in [0.4, 0.5) is 0 Å². The zero-order chi connectivity index (χ0) is 20.4. The number of carboxylic acid groups (broad SMARTS) is 1. The average molecular weight is 373 g/mol. The standard InChI is InChI=1S/C15H27N5O6/c1-16-6-11(21)17(2)7-12(22)18(3)8-13(23)19(4)9-14(24)20(5)10-15(25)26/h16H,6-10H2,1-5H3,(H,25,26). The monoisotopic (exact) mass is 373 g/mol. The van der Waals surface area contributed by atoms with Gasteiger partial charge < -0.3 is 30.0 Å². The highest BCUT2D eigenvalue weighted by Crippen LogP contribution is 1.95. The Labute approximate surface area is 152 Å². The topological polar surface area (TPSA) is 131 Å². The number of likely N-dealkylation sites (N-methyl/N-ethyl adjacent to an activating group) is 5. The zero-order valence-electron chi connectivity index (χ0n) is 15.8. The molecule has 0 saturated carbocycles. The molecule has 0 aromatic heterocycles. The van der Waals surface area contributed by atoms with Gasteiger partial charge in [-0.05, 0) is 7.05 Å². The molecule has 26 heavy (non-hydrogen) atoms. The Morgan fingerprint density at radius 1 is 0.654 bits per heavy atom. The summed E-state index contributed by atoms with van der Waals surface area (Å²) in [5.41, 5.74) is 0. The van der Waals surface area contributed by atoms with Gasteiger partial charge in [-0.25, -0.2) is 0 Å². The maximum absolute atomic E-state index is 12.1. The second-order valence-electron chi connectivity index (χ2n) is 5.92. The highest BCUT2D eigenvalue weighted by molar-refractivity contribution is 5.90. The molecule has 11 nitrogen and oxygen atoms in total. The highest BCUT2D eigenvalue weighted by atomic mass is 16.4. The number of aliphatic carboxylic acids is 1. The Morgan fingerprint density at radius 2 is 0.962 bits per heavy atom. The molecule has 0 aromatic rings. The lowest BCUT2D eigenvalue weighted by atomic mass is 10.4. The molecule has 4 amide bonds. The normalized spacial score (nSPS) is 10.0. The van der Waals surface area contributed by atoms with Gasteiger partial charge in [-0.15, -0.1) is 0 Å². The van der Waals surface area contributed by atoms with Crippen LogP contribution < -0.4 is 5.32 Å². The summed E-state index contributed by atoms with van der Waals surface area (Å²) in [6, 6.07) is 0. The van der Waals surface area contributed by atoms with Crippen molar-refractivity contribution in [1.29, 1.82) is 0 Å². The summed E-state index contributed by atoms with van der Waals surface area (Å²) in [6.45, 7) is -1.10. The van der Waals surface area contributed by atoms with Gasteiger partial charge in [0.15, 0.2) is 0 Å². The van der Waals surface area contributed by atoms with E-state index in [0.29, 0.717) is 0 Å². The van der Waals surface area contributed by atoms with Crippen molar-refractivity contribution < 1.29 is 29.1 Å². The van der Waals surface area contributed by atoms with E-state index in [1.54, 1.807) is 7.05 Å². The minimum atomic E-state index is -1.16. The number of rotatable bonds is 10. The maximum atomic E-state index is 12.1. The molecule has 0 radical (unpaired) electrons. The lowest BCUT2D eigenvalue weighted by Gasteiger charge is -2.25. The Bertz CT molecular complexity index is 553. The van der Waals surface area contributed by atoms with E-state index in [1.165, 1.54) is 33.1 Å². The van der Waals surface area contributed by atoms with Gasteiger partial charge in [-0.2, -0.15) is 0 Å². The quantitative estimate of drug-likeness (QED) is 0.421. The summed E-state index contributed by atoms with van der Waals surface area (Å²) in [6.07, 6.45) is 0. The van der Waals surface area contributed by atoms with Crippen molar-refractivity contribution in [3.05, 3.63) is 0 Å². The number of carboxylic acids is 1. The number of nitrogens with zero attached hydrogens (tertiary/aromatic N) is 4. The number of amides is 4. The number of hydrogen-bond donors (Lipinski definition) is 2. The van der Waals surface area contributed by atoms with Crippen LogP contribution in [0.1, 0.15) is 0 Å². The van der Waals surface area contributed by atoms with Crippen molar-refractivity contribution in [2.75, 3.05) is 68.0 Å². The fraction of sp³-hybridized carbons (Fsp3) is 0.667. The third-order valence-electron chi connectivity index (χ3n) is 3.52. The minimum absolute atomic E-state index is 0.0983. The van der Waals surface area contributed by atoms with Crippen molar-refractivity contribution in [3.63, 3.8) is 0 Å². The molecule has 0 saturated heterocycles. The van der Waals surface area contributed by atoms with Crippen LogP contribution >= 0.6 is 0 Å². The van der Waals surface area contributed by atoms with Gasteiger partial charge in [0.2, 0.25) is 23.6 Å². The van der Waals surface area contributed by atoms with Gasteiger partial charge in [0, 0.05) is 28.2 Å². The van der Waals surface area contributed by atoms with Crippen LogP contribution in [-0.2, 0) is 24.0 Å². The van der Waals surface area contributed by atoms with E-state index in [2.05, 4.69) is 5.32 Å². The Morgan fingerprint density at radius 3 is 1.27 bits per heavy atom. The Hall–Kier alpha value is -2.69. The van der Waals surface area contributed by atoms with Gasteiger partial charge in [0.05, 0.1) is 26.2 Å². The fourth-order valence-corrected chi connectivity index (χ4v) is 1.81. The van der Waals surface area contributed by atoms with Crippen LogP contribution in [0.3, 0.4) is 0 Å². The van der Waals surface area contributed by atoms with E-state index in [-0.39, 0.29) is 32.1 Å². The second-order valence-corrected chi connectivity index (χ2v) is 5.92. The summed E-state index contributed by atoms with van der Waals surface area (Å²) in [5.74, 6) is -2.85. The minimum Gasteiger partial charge on any atom is -0.480 e. The first kappa shape index (κ1) is 23.3. The van der Waals surface area contributed by atoms with Crippen LogP contribution in [-0.4, -0.2) is 122 Å². The number of carbonyl (C=O) groups excluding carboxylic acids is 4. The van der Waals surface area contributed by atoms with E-state index >= 15 is 0 Å². The summed E-state index contributed by atoms with van der Waals surface area (Å²) in [4.78, 5) is 62.7. The van der Waals surface area contributed by atoms with E-state index < -0.39 is 30.2 Å². The van der Waals surface area contributed by atoms with Crippen molar-refractivity contribution in [1.82, 2.24) is 24.9 Å². The molecular weight excluding hydrogens is 346 g/mol. The van der Waals surface area contributed by atoms with Crippen LogP contribution in [0.25, 0.3) is 0 Å². The molecule has 0 aliphatic carbocycles. The lowest BCUT2D eigenvalue weighted by molar-refractivity contribution is -0.146. The molecule has 0 aromatic carbocycles. The molecule has 0 heterocycles. The van der Waals surface area contributed by atoms with Crippen molar-refractivity contribution in [3.8, 4) is 0 Å². The summed E-state index contributed by atoms with van der Waals surface area (Å²) >= 11 is 0. The highest BCUT2D eigenvalue weighted by Gasteiger charge is 2.21. The first-order valence-corrected chi connectivity index (χ1v) is 7.81. The number of carbonyl (C=O) groups is 5. The Kier molecular flexibility index (Phi) is 9.89. The molecule has 0 bridgehead atoms. The first-order valence-electron chi connectivity index (χ1n) is 7.81. The van der Waals surface area contributed by atoms with Crippen molar-refractivity contribution in [2.24, 2.45) is 0 Å². The van der Waals surface area contributed by atoms with Crippen LogP contribution in [0, 0.1) is 0 Å². The average Bonchev–Trinajstić information content (AvgIpc) is 2.53. The maximum Gasteiger partial charge on any atom is 0.323 e. The van der Waals surface area contributed by atoms with E-state index in [4.69, 9.17) is 5.11 Å². The van der Waals surface area contributed by atoms with Gasteiger partial charge in [0.1, 0.15) is 6.54 Å². The molecule has 0 rings (SSSR count). The molecule has 0 unspecified atom stereocenters. The molecule has 11 heteroatoms. The SMILES string of the molecule is CNCC(=O)N(C)CC(=O)N(C)CC(=O)N(C)CC(=O)N(C)CC(=O)O. The van der Waals surface area contributed by atoms with Gasteiger partial charge in [-0.3, -0.25) is 24.0 Å². The smallest absolute Gasteiger partial charge is 0.323 e. The van der Waals surface area contributed by atoms with Gasteiger partial charge in [0.25, 0.3) is 0 Å². The zero-order valence-corrected chi connectivity index (χ0v) is 15.8. The molecule has 0 atom stereocenters. The second kappa shape index (κ2) is 11.0. The molecule has 2 N–H and O–H groups in total. The lowest BCUT2D eigenvalue weighted by Crippen LogP contribution is -2.47. The number of nitrogens with one attached hydrogen (secondary N) is 1. The van der Waals surface area contributed by atoms with Crippen molar-refractivity contribution >= 4 is 29.6 Å². The summed E-state index contributed by atoms with van der Waals surface area (Å²) in [5, 5.41) is 11.3. The summed E-state index contributed by atoms with van der Waals surface area (Å²) in [7, 11) is 7.22. The van der Waals surface area contributed by atoms with Crippen LogP contribution in [0.5, 0.6) is 0 Å². The van der Waals surface area contributed by atoms with E-state index in [9.17, 15) is 24.0 Å². The third kappa shape index (κ3) is 8.42. The van der Waals surface area contributed by atoms with Crippen LogP contribution in [0.2, 0.25) is 0 Å². The molecule has 0 aliphatic heterocycles. The molecule has 0 fully saturated rings. The number of hydrogen-bond acceptors (Lipinski definition) is 6. The molecular formula is C15H27N5O6. The van der Waals surface area contributed by atoms with E-state index in [0.717, 1.165) is 14.7 Å². The third-order valence-corrected chi connectivity index (χ3v) is 3.52. The fourth-order valence-electron chi connectivity index (χ4n) is 1.81. The Balaban J connectivity index is 4.51.